The molecule has 5 N–H and O–H groups in total. The van der Waals surface area contributed by atoms with Crippen molar-refractivity contribution in [3.8, 4) is 0 Å². The van der Waals surface area contributed by atoms with E-state index in [2.05, 4.69) is 37.8 Å². The summed E-state index contributed by atoms with van der Waals surface area (Å²) in [5.41, 5.74) is 0. The quantitative estimate of drug-likeness (QED) is 0.184. The van der Waals surface area contributed by atoms with Gasteiger partial charge in [0, 0.05) is 13.1 Å². The molecule has 1 aromatic rings. The van der Waals surface area contributed by atoms with Crippen molar-refractivity contribution in [1.29, 1.82) is 0 Å². The molecule has 0 unspecified atom stereocenters. The molecule has 0 amide bonds. The predicted octanol–water partition coefficient (Wildman–Crippen LogP) is 0.141. The SMILES string of the molecule is CCCCCCNCc1nc(NCCS(=O)(=O)O)nc(NCCS(=O)(=O)O)n1. The second-order valence-electron chi connectivity index (χ2n) is 6.06. The summed E-state index contributed by atoms with van der Waals surface area (Å²) in [6.07, 6.45) is 4.44. The number of nitrogens with one attached hydrogen (secondary N) is 3. The maximum absolute atomic E-state index is 10.8. The van der Waals surface area contributed by atoms with Gasteiger partial charge in [-0.2, -0.15) is 31.8 Å². The van der Waals surface area contributed by atoms with Crippen molar-refractivity contribution in [3.05, 3.63) is 5.82 Å². The van der Waals surface area contributed by atoms with E-state index in [1.165, 1.54) is 0 Å². The van der Waals surface area contributed by atoms with Gasteiger partial charge in [0.2, 0.25) is 11.9 Å². The minimum Gasteiger partial charge on any atom is -0.353 e. The van der Waals surface area contributed by atoms with Gasteiger partial charge in [-0.1, -0.05) is 26.2 Å². The van der Waals surface area contributed by atoms with Crippen LogP contribution in [0, 0.1) is 0 Å². The summed E-state index contributed by atoms with van der Waals surface area (Å²) in [4.78, 5) is 12.3. The van der Waals surface area contributed by atoms with E-state index in [1.807, 2.05) is 0 Å². The molecule has 14 heteroatoms. The summed E-state index contributed by atoms with van der Waals surface area (Å²) in [6.45, 7) is 3.02. The number of anilines is 2. The molecule has 0 atom stereocenters. The van der Waals surface area contributed by atoms with E-state index >= 15 is 0 Å². The molecule has 12 nitrogen and oxygen atoms in total. The Bertz CT molecular complexity index is 746. The van der Waals surface area contributed by atoms with Gasteiger partial charge in [0.25, 0.3) is 20.2 Å². The van der Waals surface area contributed by atoms with Crippen LogP contribution in [0.15, 0.2) is 0 Å². The Morgan fingerprint density at radius 3 is 1.79 bits per heavy atom. The van der Waals surface area contributed by atoms with Gasteiger partial charge in [-0.25, -0.2) is 0 Å². The van der Waals surface area contributed by atoms with Gasteiger partial charge in [-0.3, -0.25) is 9.11 Å². The van der Waals surface area contributed by atoms with E-state index in [4.69, 9.17) is 9.11 Å². The van der Waals surface area contributed by atoms with Gasteiger partial charge < -0.3 is 16.0 Å². The molecule has 0 saturated carbocycles. The Kier molecular flexibility index (Phi) is 10.5. The molecule has 0 spiro atoms. The van der Waals surface area contributed by atoms with Crippen LogP contribution in [0.1, 0.15) is 38.4 Å². The highest BCUT2D eigenvalue weighted by molar-refractivity contribution is 7.86. The standard InChI is InChI=1S/C14H28N6O6S2/c1-2-3-4-5-6-15-11-12-18-13(16-7-9-27(21,22)23)20-14(19-12)17-8-10-28(24,25)26/h15H,2-11H2,1H3,(H,21,22,23)(H,24,25,26)(H2,16,17,18,19,20). The van der Waals surface area contributed by atoms with Crippen LogP contribution in [-0.2, 0) is 26.8 Å². The number of unbranched alkanes of at least 4 members (excludes halogenated alkanes) is 3. The molecule has 0 aliphatic rings. The van der Waals surface area contributed by atoms with Crippen molar-refractivity contribution < 1.29 is 25.9 Å². The van der Waals surface area contributed by atoms with Crippen molar-refractivity contribution in [2.24, 2.45) is 0 Å². The summed E-state index contributed by atoms with van der Waals surface area (Å²) in [5.74, 6) is -0.509. The smallest absolute Gasteiger partial charge is 0.266 e. The lowest BCUT2D eigenvalue weighted by molar-refractivity contribution is 0.481. The summed E-state index contributed by atoms with van der Waals surface area (Å²) in [7, 11) is -8.25. The van der Waals surface area contributed by atoms with Gasteiger partial charge >= 0.3 is 0 Å². The molecular formula is C14H28N6O6S2. The second kappa shape index (κ2) is 12.1. The van der Waals surface area contributed by atoms with Gasteiger partial charge in [0.1, 0.15) is 5.82 Å². The van der Waals surface area contributed by atoms with Crippen LogP contribution in [0.2, 0.25) is 0 Å². The highest BCUT2D eigenvalue weighted by atomic mass is 32.2. The zero-order chi connectivity index (χ0) is 21.0. The van der Waals surface area contributed by atoms with Crippen LogP contribution in [0.5, 0.6) is 0 Å². The first kappa shape index (κ1) is 24.4. The van der Waals surface area contributed by atoms with Crippen LogP contribution < -0.4 is 16.0 Å². The lowest BCUT2D eigenvalue weighted by Crippen LogP contribution is -2.22. The van der Waals surface area contributed by atoms with Crippen LogP contribution in [0.3, 0.4) is 0 Å². The van der Waals surface area contributed by atoms with Crippen molar-refractivity contribution >= 4 is 32.1 Å². The molecule has 1 heterocycles. The van der Waals surface area contributed by atoms with Crippen LogP contribution in [0.25, 0.3) is 0 Å². The largest absolute Gasteiger partial charge is 0.353 e. The van der Waals surface area contributed by atoms with E-state index in [0.29, 0.717) is 12.4 Å². The second-order valence-corrected chi connectivity index (χ2v) is 9.21. The summed E-state index contributed by atoms with van der Waals surface area (Å²) in [6, 6.07) is 0. The molecule has 0 aromatic carbocycles. The number of hydrogen-bond acceptors (Lipinski definition) is 10. The molecule has 1 aromatic heterocycles. The number of hydrogen-bond donors (Lipinski definition) is 5. The first-order valence-corrected chi connectivity index (χ1v) is 12.1. The first-order chi connectivity index (χ1) is 13.1. The summed E-state index contributed by atoms with van der Waals surface area (Å²) in [5, 5.41) is 8.54. The third kappa shape index (κ3) is 12.7. The first-order valence-electron chi connectivity index (χ1n) is 8.93. The monoisotopic (exact) mass is 440 g/mol. The molecule has 0 radical (unpaired) electrons. The molecule has 0 aliphatic carbocycles. The zero-order valence-electron chi connectivity index (χ0n) is 15.8. The van der Waals surface area contributed by atoms with E-state index in [0.717, 1.165) is 32.2 Å². The zero-order valence-corrected chi connectivity index (χ0v) is 17.4. The summed E-state index contributed by atoms with van der Waals surface area (Å²) < 4.78 is 60.8. The van der Waals surface area contributed by atoms with E-state index in [9.17, 15) is 16.8 Å². The Labute approximate surface area is 165 Å². The predicted molar refractivity (Wildman–Crippen MR) is 105 cm³/mol. The van der Waals surface area contributed by atoms with Crippen LogP contribution >= 0.6 is 0 Å². The van der Waals surface area contributed by atoms with E-state index < -0.39 is 31.7 Å². The topological polar surface area (TPSA) is 184 Å². The minimum absolute atomic E-state index is 0.0794. The number of aromatic nitrogens is 3. The van der Waals surface area contributed by atoms with Gasteiger partial charge in [-0.15, -0.1) is 0 Å². The van der Waals surface area contributed by atoms with E-state index in [-0.39, 0.29) is 25.0 Å². The fourth-order valence-corrected chi connectivity index (χ4v) is 2.84. The van der Waals surface area contributed by atoms with E-state index in [1.54, 1.807) is 0 Å². The van der Waals surface area contributed by atoms with Gasteiger partial charge in [0.05, 0.1) is 18.1 Å². The fourth-order valence-electron chi connectivity index (χ4n) is 2.12. The Hall–Kier alpha value is -1.61. The third-order valence-electron chi connectivity index (χ3n) is 3.46. The third-order valence-corrected chi connectivity index (χ3v) is 4.90. The lowest BCUT2D eigenvalue weighted by Gasteiger charge is -2.10. The van der Waals surface area contributed by atoms with Crippen molar-refractivity contribution in [3.63, 3.8) is 0 Å². The Morgan fingerprint density at radius 1 is 0.786 bits per heavy atom. The average molecular weight is 441 g/mol. The molecular weight excluding hydrogens is 412 g/mol. The van der Waals surface area contributed by atoms with Gasteiger partial charge in [0.15, 0.2) is 0 Å². The highest BCUT2D eigenvalue weighted by Gasteiger charge is 2.10. The molecule has 0 aliphatic heterocycles. The fraction of sp³-hybridized carbons (Fsp3) is 0.786. The van der Waals surface area contributed by atoms with Crippen molar-refractivity contribution in [1.82, 2.24) is 20.3 Å². The van der Waals surface area contributed by atoms with Crippen LogP contribution in [-0.4, -0.2) is 72.0 Å². The molecule has 0 fully saturated rings. The van der Waals surface area contributed by atoms with Crippen molar-refractivity contribution in [2.75, 3.05) is 41.8 Å². The minimum atomic E-state index is -4.13. The Morgan fingerprint density at radius 2 is 1.32 bits per heavy atom. The summed E-state index contributed by atoms with van der Waals surface area (Å²) >= 11 is 0. The molecule has 1 rings (SSSR count). The highest BCUT2D eigenvalue weighted by Crippen LogP contribution is 2.06. The molecule has 0 saturated heterocycles. The molecule has 0 bridgehead atoms. The lowest BCUT2D eigenvalue weighted by atomic mass is 10.2. The number of nitrogens with zero attached hydrogens (tertiary/aromatic N) is 3. The average Bonchev–Trinajstić information content (AvgIpc) is 2.55. The van der Waals surface area contributed by atoms with Crippen LogP contribution in [0.4, 0.5) is 11.9 Å². The van der Waals surface area contributed by atoms with Crippen molar-refractivity contribution in [2.45, 2.75) is 39.2 Å². The maximum atomic E-state index is 10.8. The maximum Gasteiger partial charge on any atom is 0.266 e. The number of rotatable bonds is 15. The Balaban J connectivity index is 2.69. The molecule has 28 heavy (non-hydrogen) atoms. The molecule has 162 valence electrons. The normalized spacial score (nSPS) is 12.1. The van der Waals surface area contributed by atoms with Gasteiger partial charge in [-0.05, 0) is 13.0 Å².